The number of carbonyl (C=O) groups is 1. The van der Waals surface area contributed by atoms with Crippen molar-refractivity contribution >= 4 is 5.78 Å². The number of aromatic nitrogens is 2. The molecule has 0 saturated heterocycles. The van der Waals surface area contributed by atoms with Crippen molar-refractivity contribution in [2.75, 3.05) is 0 Å². The Morgan fingerprint density at radius 2 is 2.20 bits per heavy atom. The topological polar surface area (TPSA) is 52.0 Å². The summed E-state index contributed by atoms with van der Waals surface area (Å²) in [4.78, 5) is 28.2. The van der Waals surface area contributed by atoms with Crippen molar-refractivity contribution in [3.63, 3.8) is 0 Å². The van der Waals surface area contributed by atoms with E-state index < -0.39 is 0 Å². The Labute approximate surface area is 117 Å². The Bertz CT molecular complexity index is 696. The lowest BCUT2D eigenvalue weighted by atomic mass is 10.1. The van der Waals surface area contributed by atoms with Crippen LogP contribution in [-0.2, 0) is 6.54 Å². The Hall–Kier alpha value is -2.67. The van der Waals surface area contributed by atoms with Crippen LogP contribution in [0.25, 0.3) is 0 Å². The van der Waals surface area contributed by atoms with E-state index in [1.807, 2.05) is 12.1 Å². The SMILES string of the molecule is C#CCCC(=O)c1cccn(Cc2cccnc2)c1=O. The highest BCUT2D eigenvalue weighted by molar-refractivity contribution is 5.95. The standard InChI is InChI=1S/C16H14N2O2/c1-2-3-8-15(19)14-7-5-10-18(16(14)20)12-13-6-4-9-17-11-13/h1,4-7,9-11H,3,8,12H2. The molecule has 20 heavy (non-hydrogen) atoms. The van der Waals surface area contributed by atoms with Crippen molar-refractivity contribution in [2.24, 2.45) is 0 Å². The van der Waals surface area contributed by atoms with Gasteiger partial charge in [0, 0.05) is 31.4 Å². The van der Waals surface area contributed by atoms with Crippen LogP contribution < -0.4 is 5.56 Å². The quantitative estimate of drug-likeness (QED) is 0.613. The lowest BCUT2D eigenvalue weighted by molar-refractivity contribution is 0.0982. The van der Waals surface area contributed by atoms with Gasteiger partial charge < -0.3 is 4.57 Å². The second-order valence-electron chi connectivity index (χ2n) is 4.34. The highest BCUT2D eigenvalue weighted by Crippen LogP contribution is 2.03. The number of terminal acetylenes is 1. The fourth-order valence-corrected chi connectivity index (χ4v) is 1.88. The molecule has 2 aromatic heterocycles. The maximum Gasteiger partial charge on any atom is 0.261 e. The van der Waals surface area contributed by atoms with Crippen LogP contribution in [0, 0.1) is 12.3 Å². The summed E-state index contributed by atoms with van der Waals surface area (Å²) in [7, 11) is 0. The molecule has 2 heterocycles. The van der Waals surface area contributed by atoms with Gasteiger partial charge in [0.25, 0.3) is 5.56 Å². The molecule has 2 aromatic rings. The van der Waals surface area contributed by atoms with E-state index in [-0.39, 0.29) is 23.3 Å². The highest BCUT2D eigenvalue weighted by atomic mass is 16.1. The molecule has 0 radical (unpaired) electrons. The van der Waals surface area contributed by atoms with Gasteiger partial charge in [0.15, 0.2) is 5.78 Å². The van der Waals surface area contributed by atoms with Gasteiger partial charge in [-0.3, -0.25) is 14.6 Å². The Morgan fingerprint density at radius 3 is 2.90 bits per heavy atom. The summed E-state index contributed by atoms with van der Waals surface area (Å²) >= 11 is 0. The van der Waals surface area contributed by atoms with Crippen molar-refractivity contribution in [2.45, 2.75) is 19.4 Å². The summed E-state index contributed by atoms with van der Waals surface area (Å²) in [5.74, 6) is 2.19. The molecule has 0 fully saturated rings. The van der Waals surface area contributed by atoms with E-state index in [0.29, 0.717) is 13.0 Å². The van der Waals surface area contributed by atoms with Gasteiger partial charge in [0.05, 0.1) is 12.1 Å². The second-order valence-corrected chi connectivity index (χ2v) is 4.34. The lowest BCUT2D eigenvalue weighted by Crippen LogP contribution is -2.26. The third-order valence-corrected chi connectivity index (χ3v) is 2.89. The normalized spacial score (nSPS) is 9.95. The molecular formula is C16H14N2O2. The summed E-state index contributed by atoms with van der Waals surface area (Å²) in [5.41, 5.74) is 0.799. The van der Waals surface area contributed by atoms with E-state index in [2.05, 4.69) is 10.9 Å². The van der Waals surface area contributed by atoms with E-state index in [9.17, 15) is 9.59 Å². The molecule has 0 N–H and O–H groups in total. The molecule has 0 saturated carbocycles. The minimum atomic E-state index is -0.293. The van der Waals surface area contributed by atoms with Crippen LogP contribution in [0.15, 0.2) is 47.7 Å². The average Bonchev–Trinajstić information content (AvgIpc) is 2.48. The van der Waals surface area contributed by atoms with Gasteiger partial charge in [0.2, 0.25) is 0 Å². The van der Waals surface area contributed by atoms with Crippen LogP contribution in [0.2, 0.25) is 0 Å². The van der Waals surface area contributed by atoms with Gasteiger partial charge >= 0.3 is 0 Å². The minimum Gasteiger partial charge on any atom is -0.310 e. The number of rotatable bonds is 5. The summed E-state index contributed by atoms with van der Waals surface area (Å²) in [5, 5.41) is 0. The summed E-state index contributed by atoms with van der Waals surface area (Å²) in [6.07, 6.45) is 10.7. The zero-order chi connectivity index (χ0) is 14.4. The maximum atomic E-state index is 12.2. The molecule has 0 unspecified atom stereocenters. The zero-order valence-electron chi connectivity index (χ0n) is 11.0. The molecule has 0 spiro atoms. The minimum absolute atomic E-state index is 0.187. The smallest absolute Gasteiger partial charge is 0.261 e. The first-order chi connectivity index (χ1) is 9.72. The first-order valence-electron chi connectivity index (χ1n) is 6.27. The van der Waals surface area contributed by atoms with Gasteiger partial charge in [-0.25, -0.2) is 0 Å². The predicted octanol–water partition coefficient (Wildman–Crippen LogP) is 1.89. The molecule has 4 heteroatoms. The average molecular weight is 266 g/mol. The molecule has 0 atom stereocenters. The van der Waals surface area contributed by atoms with Crippen LogP contribution >= 0.6 is 0 Å². The number of ketones is 1. The van der Waals surface area contributed by atoms with E-state index >= 15 is 0 Å². The molecule has 0 aromatic carbocycles. The first-order valence-corrected chi connectivity index (χ1v) is 6.27. The van der Waals surface area contributed by atoms with Crippen LogP contribution in [0.5, 0.6) is 0 Å². The summed E-state index contributed by atoms with van der Waals surface area (Å²) in [6.45, 7) is 0.392. The Balaban J connectivity index is 2.26. The van der Waals surface area contributed by atoms with E-state index in [4.69, 9.17) is 6.42 Å². The number of hydrogen-bond acceptors (Lipinski definition) is 3. The molecular weight excluding hydrogens is 252 g/mol. The number of pyridine rings is 2. The van der Waals surface area contributed by atoms with Crippen molar-refractivity contribution in [1.82, 2.24) is 9.55 Å². The number of nitrogens with zero attached hydrogens (tertiary/aromatic N) is 2. The Kier molecular flexibility index (Phi) is 4.46. The molecule has 0 aliphatic heterocycles. The van der Waals surface area contributed by atoms with Crippen molar-refractivity contribution in [3.8, 4) is 12.3 Å². The van der Waals surface area contributed by atoms with E-state index in [1.165, 1.54) is 4.57 Å². The monoisotopic (exact) mass is 266 g/mol. The molecule has 0 aliphatic carbocycles. The van der Waals surface area contributed by atoms with Crippen LogP contribution in [0.4, 0.5) is 0 Å². The lowest BCUT2D eigenvalue weighted by Gasteiger charge is -2.07. The van der Waals surface area contributed by atoms with Crippen molar-refractivity contribution < 1.29 is 4.79 Å². The maximum absolute atomic E-state index is 12.2. The first kappa shape index (κ1) is 13.8. The van der Waals surface area contributed by atoms with Crippen molar-refractivity contribution in [1.29, 1.82) is 0 Å². The fourth-order valence-electron chi connectivity index (χ4n) is 1.88. The molecule has 0 amide bonds. The second kappa shape index (κ2) is 6.48. The van der Waals surface area contributed by atoms with Gasteiger partial charge in [-0.2, -0.15) is 0 Å². The number of Topliss-reactive ketones (excluding diaryl/α,β-unsaturated/α-hetero) is 1. The molecule has 100 valence electrons. The van der Waals surface area contributed by atoms with Gasteiger partial charge in [-0.15, -0.1) is 12.3 Å². The number of hydrogen-bond donors (Lipinski definition) is 0. The molecule has 0 aliphatic rings. The highest BCUT2D eigenvalue weighted by Gasteiger charge is 2.11. The molecule has 4 nitrogen and oxygen atoms in total. The fraction of sp³-hybridized carbons (Fsp3) is 0.188. The van der Waals surface area contributed by atoms with Crippen molar-refractivity contribution in [3.05, 3.63) is 64.3 Å². The third kappa shape index (κ3) is 3.21. The van der Waals surface area contributed by atoms with Crippen LogP contribution in [0.1, 0.15) is 28.8 Å². The number of carbonyl (C=O) groups excluding carboxylic acids is 1. The van der Waals surface area contributed by atoms with Gasteiger partial charge in [0.1, 0.15) is 0 Å². The predicted molar refractivity (Wildman–Crippen MR) is 76.4 cm³/mol. The van der Waals surface area contributed by atoms with Gasteiger partial charge in [-0.1, -0.05) is 6.07 Å². The van der Waals surface area contributed by atoms with Crippen LogP contribution in [-0.4, -0.2) is 15.3 Å². The summed E-state index contributed by atoms with van der Waals surface area (Å²) < 4.78 is 1.50. The third-order valence-electron chi connectivity index (χ3n) is 2.89. The van der Waals surface area contributed by atoms with E-state index in [0.717, 1.165) is 5.56 Å². The largest absolute Gasteiger partial charge is 0.310 e. The molecule has 2 rings (SSSR count). The molecule has 0 bridgehead atoms. The Morgan fingerprint density at radius 1 is 1.35 bits per heavy atom. The van der Waals surface area contributed by atoms with Crippen LogP contribution in [0.3, 0.4) is 0 Å². The van der Waals surface area contributed by atoms with Gasteiger partial charge in [-0.05, 0) is 23.8 Å². The summed E-state index contributed by atoms with van der Waals surface area (Å²) in [6, 6.07) is 6.93. The zero-order valence-corrected chi connectivity index (χ0v) is 11.0. The van der Waals surface area contributed by atoms with E-state index in [1.54, 1.807) is 30.7 Å².